The van der Waals surface area contributed by atoms with Gasteiger partial charge in [0.15, 0.2) is 0 Å². The fourth-order valence-electron chi connectivity index (χ4n) is 3.64. The summed E-state index contributed by atoms with van der Waals surface area (Å²) in [6, 6.07) is -1.27. The van der Waals surface area contributed by atoms with E-state index in [0.717, 1.165) is 69.4 Å². The Kier molecular flexibility index (Phi) is 35.0. The molecule has 0 rings (SSSR count). The topological polar surface area (TPSA) is 196 Å². The van der Waals surface area contributed by atoms with Crippen LogP contribution in [-0.2, 0) is 56.7 Å². The first-order chi connectivity index (χ1) is 19.4. The number of aldehydes is 1. The molecule has 0 aromatic carbocycles. The van der Waals surface area contributed by atoms with Gasteiger partial charge in [-0.15, -0.1) is 5.10 Å². The predicted molar refractivity (Wildman–Crippen MR) is 165 cm³/mol. The van der Waals surface area contributed by atoms with E-state index in [9.17, 15) is 19.2 Å². The zero-order chi connectivity index (χ0) is 29.8. The quantitative estimate of drug-likeness (QED) is 0.0157. The number of hydrogen-bond acceptors (Lipinski definition) is 11. The minimum atomic E-state index is -1.01. The van der Waals surface area contributed by atoms with Gasteiger partial charge in [-0.3, -0.25) is 26.9 Å². The number of thioether (sulfide) groups is 1. The van der Waals surface area contributed by atoms with E-state index in [-0.39, 0.29) is 70.7 Å². The average Bonchev–Trinajstić information content (AvgIpc) is 2.94. The number of hydrogen-bond donors (Lipinski definition) is 7. The van der Waals surface area contributed by atoms with Crippen LogP contribution in [0.1, 0.15) is 78.6 Å². The summed E-state index contributed by atoms with van der Waals surface area (Å²) < 4.78 is 0. The minimum absolute atomic E-state index is 0. The number of unbranched alkanes of at least 4 members (excludes halogenated alkanes) is 3. The molecular formula is C27H54N7O6SY-. The van der Waals surface area contributed by atoms with Crippen LogP contribution >= 0.6 is 11.8 Å². The maximum Gasteiger partial charge on any atom is 0.303 e. The summed E-state index contributed by atoms with van der Waals surface area (Å²) in [6.45, 7) is 4.65. The van der Waals surface area contributed by atoms with Crippen molar-refractivity contribution in [1.82, 2.24) is 26.9 Å². The fourth-order valence-corrected chi connectivity index (χ4v) is 4.48. The Balaban J connectivity index is -0.00000760. The molecule has 0 aromatic heterocycles. The SMILES string of the molecule is C.[CH2-]NCCCCC(CSCC)C(=O)NCCCCN[C@@H](CCCCN)C(=O)NO/C=N/N[C@H](C=O)CCC(=O)O.[Y]. The Morgan fingerprint density at radius 3 is 2.36 bits per heavy atom. The molecule has 1 unspecified atom stereocenters. The van der Waals surface area contributed by atoms with E-state index >= 15 is 0 Å². The van der Waals surface area contributed by atoms with Gasteiger partial charge < -0.3 is 36.4 Å². The van der Waals surface area contributed by atoms with E-state index in [2.05, 4.69) is 45.9 Å². The average molecular weight is 694 g/mol. The van der Waals surface area contributed by atoms with Gasteiger partial charge in [0, 0.05) is 57.3 Å². The molecule has 0 bridgehead atoms. The largest absolute Gasteiger partial charge is 0.481 e. The summed E-state index contributed by atoms with van der Waals surface area (Å²) in [5.74, 6) is 0.534. The first-order valence-electron chi connectivity index (χ1n) is 14.1. The van der Waals surface area contributed by atoms with Crippen molar-refractivity contribution < 1.29 is 61.8 Å². The number of carbonyl (C=O) groups is 4. The first-order valence-corrected chi connectivity index (χ1v) is 15.2. The fraction of sp³-hybridized carbons (Fsp3) is 0.778. The van der Waals surface area contributed by atoms with Crippen molar-refractivity contribution in [2.75, 3.05) is 37.7 Å². The molecule has 15 heteroatoms. The van der Waals surface area contributed by atoms with Gasteiger partial charge in [-0.25, -0.2) is 0 Å². The number of carboxylic acid groups (broad SMARTS) is 1. The van der Waals surface area contributed by atoms with E-state index in [1.807, 2.05) is 0 Å². The number of hydroxylamine groups is 1. The van der Waals surface area contributed by atoms with Gasteiger partial charge in [-0.05, 0) is 70.3 Å². The standard InChI is InChI=1S/C26H50N7O6S.CH4.Y/c1-3-40-19-21(10-5-7-15-28-2)25(37)30-17-9-8-16-29-23(11-4-6-14-27)26(38)33-39-20-31-32-22(18-34)12-13-24(35)36;;/h18,20-23,28-29,32H,2-17,19,27H2,1H3,(H,30,37)(H,33,38)(H,35,36);1H4;/q-1;;/b31-20+;;/t21?,22-,23-;;/m0../s1. The van der Waals surface area contributed by atoms with Gasteiger partial charge in [0.05, 0.1) is 12.1 Å². The van der Waals surface area contributed by atoms with Crippen molar-refractivity contribution in [3.63, 3.8) is 0 Å². The third-order valence-corrected chi connectivity index (χ3v) is 6.99. The van der Waals surface area contributed by atoms with Gasteiger partial charge in [-0.1, -0.05) is 27.2 Å². The predicted octanol–water partition coefficient (Wildman–Crippen LogP) is 1.54. The van der Waals surface area contributed by atoms with Crippen LogP contribution < -0.4 is 32.6 Å². The molecular weight excluding hydrogens is 639 g/mol. The third kappa shape index (κ3) is 26.3. The van der Waals surface area contributed by atoms with Gasteiger partial charge in [0.25, 0.3) is 5.91 Å². The summed E-state index contributed by atoms with van der Waals surface area (Å²) >= 11 is 1.78. The molecule has 8 N–H and O–H groups in total. The molecule has 42 heavy (non-hydrogen) atoms. The number of carbonyl (C=O) groups excluding carboxylic acids is 3. The Morgan fingerprint density at radius 2 is 1.71 bits per heavy atom. The molecule has 1 radical (unpaired) electrons. The molecule has 0 aliphatic heterocycles. The van der Waals surface area contributed by atoms with Crippen LogP contribution in [0.15, 0.2) is 5.10 Å². The molecule has 13 nitrogen and oxygen atoms in total. The smallest absolute Gasteiger partial charge is 0.303 e. The number of carboxylic acids is 1. The Hall–Kier alpha value is -1.32. The van der Waals surface area contributed by atoms with Crippen LogP contribution in [0.5, 0.6) is 0 Å². The zero-order valence-corrected chi connectivity index (χ0v) is 28.1. The Bertz CT molecular complexity index is 724. The van der Waals surface area contributed by atoms with Crippen molar-refractivity contribution in [2.24, 2.45) is 16.8 Å². The van der Waals surface area contributed by atoms with Gasteiger partial charge >= 0.3 is 5.97 Å². The number of nitrogens with two attached hydrogens (primary N) is 1. The molecule has 0 aliphatic rings. The second-order valence-electron chi connectivity index (χ2n) is 9.26. The normalized spacial score (nSPS) is 12.7. The number of amides is 2. The molecule has 0 aromatic rings. The van der Waals surface area contributed by atoms with Crippen LogP contribution in [0.4, 0.5) is 0 Å². The number of nitrogens with zero attached hydrogens (tertiary/aromatic N) is 1. The molecule has 3 atom stereocenters. The summed E-state index contributed by atoms with van der Waals surface area (Å²) in [5, 5.41) is 21.5. The molecule has 0 aliphatic carbocycles. The molecule has 0 heterocycles. The van der Waals surface area contributed by atoms with Gasteiger partial charge in [0.2, 0.25) is 12.3 Å². The van der Waals surface area contributed by atoms with Crippen molar-refractivity contribution in [3.8, 4) is 0 Å². The Morgan fingerprint density at radius 1 is 1.02 bits per heavy atom. The number of nitrogens with one attached hydrogen (secondary N) is 5. The van der Waals surface area contributed by atoms with E-state index in [1.54, 1.807) is 11.8 Å². The summed E-state index contributed by atoms with van der Waals surface area (Å²) in [5.41, 5.74) is 10.3. The van der Waals surface area contributed by atoms with Crippen LogP contribution in [0.25, 0.3) is 0 Å². The number of hydrazone groups is 1. The maximum atomic E-state index is 12.6. The van der Waals surface area contributed by atoms with Crippen LogP contribution in [0.3, 0.4) is 0 Å². The summed E-state index contributed by atoms with van der Waals surface area (Å²) in [6.07, 6.45) is 7.91. The van der Waals surface area contributed by atoms with E-state index < -0.39 is 18.1 Å². The van der Waals surface area contributed by atoms with E-state index in [1.165, 1.54) is 0 Å². The number of aliphatic carboxylic acids is 1. The van der Waals surface area contributed by atoms with E-state index in [4.69, 9.17) is 15.7 Å². The van der Waals surface area contributed by atoms with Gasteiger partial charge in [0.1, 0.15) is 6.29 Å². The maximum absolute atomic E-state index is 12.6. The Labute approximate surface area is 281 Å². The summed E-state index contributed by atoms with van der Waals surface area (Å²) in [7, 11) is 3.62. The molecule has 2 amide bonds. The van der Waals surface area contributed by atoms with Crippen molar-refractivity contribution >= 4 is 42.2 Å². The minimum Gasteiger partial charge on any atom is -0.481 e. The molecule has 0 fully saturated rings. The van der Waals surface area contributed by atoms with Crippen molar-refractivity contribution in [1.29, 1.82) is 0 Å². The van der Waals surface area contributed by atoms with Crippen molar-refractivity contribution in [3.05, 3.63) is 7.05 Å². The number of rotatable bonds is 28. The second-order valence-corrected chi connectivity index (χ2v) is 10.6. The second kappa shape index (κ2) is 32.6. The van der Waals surface area contributed by atoms with Crippen LogP contribution in [0, 0.1) is 13.0 Å². The van der Waals surface area contributed by atoms with Crippen LogP contribution in [0.2, 0.25) is 0 Å². The first kappa shape index (κ1) is 45.1. The monoisotopic (exact) mass is 693 g/mol. The zero-order valence-electron chi connectivity index (χ0n) is 24.4. The van der Waals surface area contributed by atoms with Gasteiger partial charge in [-0.2, -0.15) is 17.2 Å². The van der Waals surface area contributed by atoms with E-state index in [0.29, 0.717) is 32.3 Å². The molecule has 0 saturated heterocycles. The third-order valence-electron chi connectivity index (χ3n) is 5.95. The summed E-state index contributed by atoms with van der Waals surface area (Å²) in [4.78, 5) is 51.7. The van der Waals surface area contributed by atoms with Crippen molar-refractivity contribution in [2.45, 2.75) is 90.6 Å². The molecule has 243 valence electrons. The molecule has 0 saturated carbocycles. The molecule has 0 spiro atoms. The van der Waals surface area contributed by atoms with Crippen LogP contribution in [-0.4, -0.2) is 85.3 Å².